The third kappa shape index (κ3) is 10.3. The average molecular weight is 778 g/mol. The second-order valence-electron chi connectivity index (χ2n) is 15.6. The Morgan fingerprint density at radius 1 is 1.04 bits per heavy atom. The number of nitrogens with zero attached hydrogens (tertiary/aromatic N) is 4. The number of aliphatic hydroxyl groups is 1. The molecule has 0 fully saturated rings. The predicted octanol–water partition coefficient (Wildman–Crippen LogP) is 8.88. The number of ether oxygens (including phenoxy) is 2. The number of pyridine rings is 1. The third-order valence-electron chi connectivity index (χ3n) is 8.69. The van der Waals surface area contributed by atoms with Crippen molar-refractivity contribution in [3.8, 4) is 22.7 Å². The van der Waals surface area contributed by atoms with Gasteiger partial charge in [0.05, 0.1) is 30.0 Å². The summed E-state index contributed by atoms with van der Waals surface area (Å²) in [5, 5.41) is 23.0. The zero-order valence-electron chi connectivity index (χ0n) is 32.4. The van der Waals surface area contributed by atoms with Crippen LogP contribution in [-0.2, 0) is 38.1 Å². The number of rotatable bonds is 5. The van der Waals surface area contributed by atoms with Crippen molar-refractivity contribution in [1.82, 2.24) is 20.5 Å². The van der Waals surface area contributed by atoms with Crippen molar-refractivity contribution in [2.75, 3.05) is 12.0 Å². The molecule has 16 heteroatoms. The van der Waals surface area contributed by atoms with E-state index >= 15 is 8.78 Å². The summed E-state index contributed by atoms with van der Waals surface area (Å²) in [6, 6.07) is 9.97. The highest BCUT2D eigenvalue weighted by atomic mass is 19.4. The van der Waals surface area contributed by atoms with Crippen LogP contribution in [0.15, 0.2) is 59.1 Å². The molecule has 0 saturated heterocycles. The molecule has 2 N–H and O–H groups in total. The summed E-state index contributed by atoms with van der Waals surface area (Å²) in [6.07, 6.45) is -5.10. The van der Waals surface area contributed by atoms with E-state index in [9.17, 15) is 27.9 Å². The van der Waals surface area contributed by atoms with Crippen LogP contribution in [0.4, 0.5) is 32.4 Å². The van der Waals surface area contributed by atoms with Gasteiger partial charge < -0.3 is 29.2 Å². The number of carbonyl (C=O) groups excluding carboxylic acids is 2. The summed E-state index contributed by atoms with van der Waals surface area (Å²) in [5.41, 5.74) is -5.25. The lowest BCUT2D eigenvalue weighted by molar-refractivity contribution is -0.138. The minimum absolute atomic E-state index is 0. The van der Waals surface area contributed by atoms with Crippen LogP contribution in [0.3, 0.4) is 0 Å². The molecule has 11 nitrogen and oxygen atoms in total. The Kier molecular flexibility index (Phi) is 12.1. The maximum absolute atomic E-state index is 16.8. The van der Waals surface area contributed by atoms with E-state index in [1.807, 2.05) is 20.8 Å². The Bertz CT molecular complexity index is 1990. The molecule has 0 spiro atoms. The molecule has 1 amide bonds. The first-order chi connectivity index (χ1) is 25.2. The minimum Gasteiger partial charge on any atom is -0.469 e. The highest BCUT2D eigenvalue weighted by molar-refractivity contribution is 5.72. The monoisotopic (exact) mass is 777 g/mol. The number of amides is 1. The number of fused-ring (bicyclic) bond motifs is 1. The quantitative estimate of drug-likeness (QED) is 0.149. The number of methoxy groups -OCH3 is 1. The Morgan fingerprint density at radius 3 is 2.15 bits per heavy atom. The van der Waals surface area contributed by atoms with Gasteiger partial charge in [0.25, 0.3) is 5.89 Å². The van der Waals surface area contributed by atoms with Gasteiger partial charge in [0, 0.05) is 49.7 Å². The highest BCUT2D eigenvalue weighted by Gasteiger charge is 2.50. The van der Waals surface area contributed by atoms with Crippen LogP contribution in [0.2, 0.25) is 0 Å². The summed E-state index contributed by atoms with van der Waals surface area (Å²) in [4.78, 5) is 27.9. The first kappa shape index (κ1) is 42.6. The van der Waals surface area contributed by atoms with Crippen LogP contribution in [-0.4, -0.2) is 56.8 Å². The SMILES string of the molecule is CC(C)(C)OC(=O)NC1CC(C)(F)c2cc(F)c(-c3nnc(C(C)(C)C)o3)cc2N(Cc2ccc(-c3ccc(C(F)(F)F)cn3)cc2)C1(C)O.COC(C)=O.[HH]. The van der Waals surface area contributed by atoms with Gasteiger partial charge in [0.15, 0.2) is 5.72 Å². The van der Waals surface area contributed by atoms with Gasteiger partial charge in [-0.2, -0.15) is 13.2 Å². The Hall–Kier alpha value is -5.12. The molecule has 300 valence electrons. The Balaban J connectivity index is 0.00000132. The molecule has 3 heterocycles. The van der Waals surface area contributed by atoms with Crippen LogP contribution < -0.4 is 10.2 Å². The van der Waals surface area contributed by atoms with E-state index in [1.54, 1.807) is 45.0 Å². The van der Waals surface area contributed by atoms with E-state index in [-0.39, 0.29) is 42.5 Å². The lowest BCUT2D eigenvalue weighted by Gasteiger charge is -2.43. The van der Waals surface area contributed by atoms with E-state index in [1.165, 1.54) is 44.9 Å². The van der Waals surface area contributed by atoms with Crippen LogP contribution in [0.5, 0.6) is 0 Å². The molecule has 0 radical (unpaired) electrons. The number of benzene rings is 2. The van der Waals surface area contributed by atoms with E-state index in [0.29, 0.717) is 16.8 Å². The first-order valence-corrected chi connectivity index (χ1v) is 17.3. The summed E-state index contributed by atoms with van der Waals surface area (Å²) in [6.45, 7) is 14.5. The Labute approximate surface area is 317 Å². The molecular weight excluding hydrogens is 729 g/mol. The van der Waals surface area contributed by atoms with Crippen LogP contribution in [0, 0.1) is 5.82 Å². The number of hydrogen-bond donors (Lipinski definition) is 2. The van der Waals surface area contributed by atoms with Crippen molar-refractivity contribution >= 4 is 17.7 Å². The van der Waals surface area contributed by atoms with Crippen LogP contribution >= 0.6 is 0 Å². The van der Waals surface area contributed by atoms with E-state index in [2.05, 4.69) is 25.2 Å². The fraction of sp³-hybridized carbons (Fsp3) is 0.462. The molecule has 55 heavy (non-hydrogen) atoms. The summed E-state index contributed by atoms with van der Waals surface area (Å²) in [7, 11) is 1.35. The summed E-state index contributed by atoms with van der Waals surface area (Å²) < 4.78 is 87.2. The standard InChI is InChI=1S/C36H40F5N5O4.C3H6O2.H2/c1-32(2,3)30-45-44-29(49-30)23-15-27-24(16-25(23)37)34(7,38)17-28(43-31(47)50-33(4,5)6)35(8,48)46(27)19-20-9-11-21(12-10-20)26-14-13-22(18-42-26)36(39,40)41;1-3(4)5-2;/h9-16,18,28,48H,17,19H2,1-8H3,(H,43,47);1-2H3;1H. The van der Waals surface area contributed by atoms with Gasteiger partial charge in [0.1, 0.15) is 17.1 Å². The molecule has 4 aromatic rings. The van der Waals surface area contributed by atoms with Crippen molar-refractivity contribution < 1.29 is 52.0 Å². The number of alkyl halides is 4. The second-order valence-corrected chi connectivity index (χ2v) is 15.6. The van der Waals surface area contributed by atoms with Gasteiger partial charge >= 0.3 is 18.2 Å². The number of alkyl carbamates (subject to hydrolysis) is 1. The minimum atomic E-state index is -4.52. The van der Waals surface area contributed by atoms with E-state index in [4.69, 9.17) is 9.15 Å². The number of aromatic nitrogens is 3. The molecule has 2 aromatic heterocycles. The molecule has 0 saturated carbocycles. The number of esters is 1. The smallest absolute Gasteiger partial charge is 0.417 e. The van der Waals surface area contributed by atoms with Crippen LogP contribution in [0.25, 0.3) is 22.7 Å². The van der Waals surface area contributed by atoms with Crippen molar-refractivity contribution in [1.29, 1.82) is 0 Å². The number of hydrogen-bond acceptors (Lipinski definition) is 10. The fourth-order valence-corrected chi connectivity index (χ4v) is 5.70. The van der Waals surface area contributed by atoms with Gasteiger partial charge in [-0.05, 0) is 64.4 Å². The normalized spacial score (nSPS) is 20.1. The van der Waals surface area contributed by atoms with Gasteiger partial charge in [-0.3, -0.25) is 9.78 Å². The number of nitrogens with one attached hydrogen (secondary N) is 1. The molecule has 0 aliphatic carbocycles. The fourth-order valence-electron chi connectivity index (χ4n) is 5.70. The van der Waals surface area contributed by atoms with Gasteiger partial charge in [-0.15, -0.1) is 10.2 Å². The molecule has 1 aliphatic heterocycles. The maximum atomic E-state index is 16.8. The maximum Gasteiger partial charge on any atom is 0.417 e. The van der Waals surface area contributed by atoms with Crippen molar-refractivity contribution in [3.05, 3.63) is 83.1 Å². The third-order valence-corrected chi connectivity index (χ3v) is 8.69. The number of anilines is 1. The summed E-state index contributed by atoms with van der Waals surface area (Å²) in [5.74, 6) is -0.963. The predicted molar refractivity (Wildman–Crippen MR) is 196 cm³/mol. The van der Waals surface area contributed by atoms with E-state index in [0.717, 1.165) is 18.3 Å². The highest BCUT2D eigenvalue weighted by Crippen LogP contribution is 2.47. The van der Waals surface area contributed by atoms with Gasteiger partial charge in [-0.25, -0.2) is 13.6 Å². The lowest BCUT2D eigenvalue weighted by Crippen LogP contribution is -2.61. The van der Waals surface area contributed by atoms with E-state index < -0.39 is 58.5 Å². The second kappa shape index (κ2) is 15.6. The van der Waals surface area contributed by atoms with Gasteiger partial charge in [-0.1, -0.05) is 45.0 Å². The Morgan fingerprint density at radius 2 is 1.65 bits per heavy atom. The first-order valence-electron chi connectivity index (χ1n) is 17.3. The largest absolute Gasteiger partial charge is 0.469 e. The summed E-state index contributed by atoms with van der Waals surface area (Å²) >= 11 is 0. The van der Waals surface area contributed by atoms with Crippen molar-refractivity contribution in [2.24, 2.45) is 0 Å². The zero-order valence-corrected chi connectivity index (χ0v) is 32.4. The number of carbonyl (C=O) groups is 2. The topological polar surface area (TPSA) is 140 Å². The van der Waals surface area contributed by atoms with Gasteiger partial charge in [0.2, 0.25) is 5.89 Å². The van der Waals surface area contributed by atoms with Crippen LogP contribution in [0.1, 0.15) is 92.7 Å². The molecule has 1 aliphatic rings. The van der Waals surface area contributed by atoms with Crippen molar-refractivity contribution in [2.45, 2.75) is 110 Å². The molecule has 0 bridgehead atoms. The average Bonchev–Trinajstić information content (AvgIpc) is 3.56. The molecular formula is C39H48F5N5O6. The molecule has 2 aromatic carbocycles. The van der Waals surface area contributed by atoms with Crippen molar-refractivity contribution in [3.63, 3.8) is 0 Å². The lowest BCUT2D eigenvalue weighted by atomic mass is 9.88. The molecule has 3 atom stereocenters. The zero-order chi connectivity index (χ0) is 41.3. The number of halogens is 5. The molecule has 3 unspecified atom stereocenters. The molecule has 5 rings (SSSR count).